The zero-order valence-electron chi connectivity index (χ0n) is 15.3. The average molecular weight is 410 g/mol. The van der Waals surface area contributed by atoms with Crippen molar-refractivity contribution in [3.63, 3.8) is 0 Å². The standard InChI is InChI=1S/C19H21Cl2N3O3/c1-12(19(26)22-15-9-4-5-10-16(15)27-3)24(2)11-17(25)23-18-13(20)7-6-8-14(18)21/h4-10,12H,11H2,1-3H3,(H,22,26)(H,23,25). The van der Waals surface area contributed by atoms with E-state index >= 15 is 0 Å². The number of methoxy groups -OCH3 is 1. The fourth-order valence-corrected chi connectivity index (χ4v) is 2.84. The summed E-state index contributed by atoms with van der Waals surface area (Å²) in [5, 5.41) is 6.17. The smallest absolute Gasteiger partial charge is 0.241 e. The Morgan fingerprint density at radius 1 is 1.07 bits per heavy atom. The van der Waals surface area contributed by atoms with Gasteiger partial charge < -0.3 is 15.4 Å². The number of halogens is 2. The Hall–Kier alpha value is -2.28. The van der Waals surface area contributed by atoms with Gasteiger partial charge in [0.05, 0.1) is 41.1 Å². The van der Waals surface area contributed by atoms with E-state index in [1.165, 1.54) is 7.11 Å². The number of rotatable bonds is 7. The van der Waals surface area contributed by atoms with Gasteiger partial charge in [-0.3, -0.25) is 14.5 Å². The summed E-state index contributed by atoms with van der Waals surface area (Å²) in [6.07, 6.45) is 0. The number of para-hydroxylation sites is 3. The molecule has 1 unspecified atom stereocenters. The number of benzene rings is 2. The van der Waals surface area contributed by atoms with Crippen LogP contribution in [0.3, 0.4) is 0 Å². The molecule has 0 aliphatic rings. The number of ether oxygens (including phenoxy) is 1. The van der Waals surface area contributed by atoms with E-state index in [1.54, 1.807) is 55.3 Å². The molecule has 0 fully saturated rings. The lowest BCUT2D eigenvalue weighted by Gasteiger charge is -2.24. The number of hydrogen-bond acceptors (Lipinski definition) is 4. The number of amides is 2. The van der Waals surface area contributed by atoms with Gasteiger partial charge in [-0.2, -0.15) is 0 Å². The minimum Gasteiger partial charge on any atom is -0.495 e. The van der Waals surface area contributed by atoms with Gasteiger partial charge in [-0.15, -0.1) is 0 Å². The SMILES string of the molecule is COc1ccccc1NC(=O)C(C)N(C)CC(=O)Nc1c(Cl)cccc1Cl. The second kappa shape index (κ2) is 9.60. The lowest BCUT2D eigenvalue weighted by Crippen LogP contribution is -2.43. The first kappa shape index (κ1) is 21.0. The van der Waals surface area contributed by atoms with E-state index < -0.39 is 6.04 Å². The third-order valence-corrected chi connectivity index (χ3v) is 4.66. The highest BCUT2D eigenvalue weighted by Crippen LogP contribution is 2.29. The van der Waals surface area contributed by atoms with E-state index in [0.29, 0.717) is 27.2 Å². The van der Waals surface area contributed by atoms with Crippen molar-refractivity contribution in [1.29, 1.82) is 0 Å². The Labute approximate surface area is 168 Å². The molecule has 2 N–H and O–H groups in total. The summed E-state index contributed by atoms with van der Waals surface area (Å²) < 4.78 is 5.22. The molecule has 0 aliphatic carbocycles. The Kier molecular flexibility index (Phi) is 7.47. The summed E-state index contributed by atoms with van der Waals surface area (Å²) in [6.45, 7) is 1.70. The van der Waals surface area contributed by atoms with E-state index in [0.717, 1.165) is 0 Å². The number of carbonyl (C=O) groups excluding carboxylic acids is 2. The number of carbonyl (C=O) groups is 2. The first-order valence-electron chi connectivity index (χ1n) is 8.21. The molecule has 2 amide bonds. The maximum atomic E-state index is 12.5. The quantitative estimate of drug-likeness (QED) is 0.727. The van der Waals surface area contributed by atoms with E-state index in [2.05, 4.69) is 10.6 Å². The molecule has 0 heterocycles. The highest BCUT2D eigenvalue weighted by atomic mass is 35.5. The highest BCUT2D eigenvalue weighted by Gasteiger charge is 2.21. The van der Waals surface area contributed by atoms with Crippen LogP contribution in [0.1, 0.15) is 6.92 Å². The van der Waals surface area contributed by atoms with Gasteiger partial charge in [0, 0.05) is 0 Å². The number of hydrogen-bond donors (Lipinski definition) is 2. The minimum absolute atomic E-state index is 0.0118. The summed E-state index contributed by atoms with van der Waals surface area (Å²) in [4.78, 5) is 26.4. The van der Waals surface area contributed by atoms with Crippen LogP contribution in [0.4, 0.5) is 11.4 Å². The first-order chi connectivity index (χ1) is 12.8. The zero-order valence-corrected chi connectivity index (χ0v) is 16.8. The molecule has 2 aromatic carbocycles. The molecule has 0 saturated carbocycles. The topological polar surface area (TPSA) is 70.7 Å². The molecule has 2 rings (SSSR count). The summed E-state index contributed by atoms with van der Waals surface area (Å²) in [7, 11) is 3.21. The van der Waals surface area contributed by atoms with Crippen molar-refractivity contribution in [1.82, 2.24) is 4.90 Å². The fraction of sp³-hybridized carbons (Fsp3) is 0.263. The molecule has 0 aliphatic heterocycles. The fourth-order valence-electron chi connectivity index (χ4n) is 2.34. The molecule has 6 nitrogen and oxygen atoms in total. The highest BCUT2D eigenvalue weighted by molar-refractivity contribution is 6.39. The van der Waals surface area contributed by atoms with Gasteiger partial charge in [-0.05, 0) is 38.2 Å². The van der Waals surface area contributed by atoms with Gasteiger partial charge in [0.2, 0.25) is 11.8 Å². The number of likely N-dealkylation sites (N-methyl/N-ethyl adjacent to an activating group) is 1. The van der Waals surface area contributed by atoms with Gasteiger partial charge in [-0.25, -0.2) is 0 Å². The monoisotopic (exact) mass is 409 g/mol. The first-order valence-corrected chi connectivity index (χ1v) is 8.97. The van der Waals surface area contributed by atoms with Crippen molar-refractivity contribution in [2.45, 2.75) is 13.0 Å². The van der Waals surface area contributed by atoms with Crippen molar-refractivity contribution in [2.75, 3.05) is 31.3 Å². The summed E-state index contributed by atoms with van der Waals surface area (Å²) in [6, 6.07) is 11.5. The van der Waals surface area contributed by atoms with Crippen molar-refractivity contribution in [2.24, 2.45) is 0 Å². The lowest BCUT2D eigenvalue weighted by atomic mass is 10.2. The molecule has 0 spiro atoms. The van der Waals surface area contributed by atoms with Gasteiger partial charge in [0.15, 0.2) is 0 Å². The van der Waals surface area contributed by atoms with Crippen molar-refractivity contribution < 1.29 is 14.3 Å². The Morgan fingerprint density at radius 2 is 1.70 bits per heavy atom. The van der Waals surface area contributed by atoms with Crippen molar-refractivity contribution in [3.05, 3.63) is 52.5 Å². The van der Waals surface area contributed by atoms with Gasteiger partial charge in [0.25, 0.3) is 0 Å². The molecular formula is C19H21Cl2N3O3. The third-order valence-electron chi connectivity index (χ3n) is 4.03. The molecule has 27 heavy (non-hydrogen) atoms. The van der Waals surface area contributed by atoms with Crippen LogP contribution in [0.2, 0.25) is 10.0 Å². The van der Waals surface area contributed by atoms with Crippen LogP contribution in [0, 0.1) is 0 Å². The van der Waals surface area contributed by atoms with Crippen LogP contribution in [0.5, 0.6) is 5.75 Å². The molecule has 0 bridgehead atoms. The normalized spacial score (nSPS) is 11.8. The molecule has 1 atom stereocenters. The maximum absolute atomic E-state index is 12.5. The number of nitrogens with one attached hydrogen (secondary N) is 2. The van der Waals surface area contributed by atoms with E-state index in [-0.39, 0.29) is 18.4 Å². The number of nitrogens with zero attached hydrogens (tertiary/aromatic N) is 1. The Morgan fingerprint density at radius 3 is 2.33 bits per heavy atom. The van der Waals surface area contributed by atoms with Crippen LogP contribution in [-0.2, 0) is 9.59 Å². The summed E-state index contributed by atoms with van der Waals surface area (Å²) in [5.41, 5.74) is 0.919. The largest absolute Gasteiger partial charge is 0.495 e. The molecule has 0 saturated heterocycles. The molecular weight excluding hydrogens is 389 g/mol. The average Bonchev–Trinajstić information content (AvgIpc) is 2.64. The van der Waals surface area contributed by atoms with Gasteiger partial charge in [0.1, 0.15) is 5.75 Å². The van der Waals surface area contributed by atoms with Crippen LogP contribution < -0.4 is 15.4 Å². The molecule has 0 aromatic heterocycles. The second-order valence-corrected chi connectivity index (χ2v) is 6.74. The summed E-state index contributed by atoms with van der Waals surface area (Å²) >= 11 is 12.1. The predicted molar refractivity (Wildman–Crippen MR) is 109 cm³/mol. The molecule has 8 heteroatoms. The lowest BCUT2D eigenvalue weighted by molar-refractivity contribution is -0.122. The van der Waals surface area contributed by atoms with E-state index in [1.807, 2.05) is 6.07 Å². The van der Waals surface area contributed by atoms with Crippen LogP contribution in [-0.4, -0.2) is 43.5 Å². The zero-order chi connectivity index (χ0) is 20.0. The Bertz CT molecular complexity index is 809. The maximum Gasteiger partial charge on any atom is 0.241 e. The van der Waals surface area contributed by atoms with E-state index in [9.17, 15) is 9.59 Å². The third kappa shape index (κ3) is 5.60. The van der Waals surface area contributed by atoms with Crippen molar-refractivity contribution >= 4 is 46.4 Å². The molecule has 0 radical (unpaired) electrons. The van der Waals surface area contributed by atoms with Crippen LogP contribution >= 0.6 is 23.2 Å². The van der Waals surface area contributed by atoms with Gasteiger partial charge >= 0.3 is 0 Å². The van der Waals surface area contributed by atoms with Crippen molar-refractivity contribution in [3.8, 4) is 5.75 Å². The molecule has 2 aromatic rings. The van der Waals surface area contributed by atoms with Crippen LogP contribution in [0.15, 0.2) is 42.5 Å². The van der Waals surface area contributed by atoms with E-state index in [4.69, 9.17) is 27.9 Å². The second-order valence-electron chi connectivity index (χ2n) is 5.93. The van der Waals surface area contributed by atoms with Crippen LogP contribution in [0.25, 0.3) is 0 Å². The predicted octanol–water partition coefficient (Wildman–Crippen LogP) is 3.90. The minimum atomic E-state index is -0.553. The number of anilines is 2. The molecule has 144 valence electrons. The van der Waals surface area contributed by atoms with Gasteiger partial charge in [-0.1, -0.05) is 41.4 Å². The Balaban J connectivity index is 1.97. The summed E-state index contributed by atoms with van der Waals surface area (Å²) in [5.74, 6) is -0.0261.